The number of anilines is 1. The number of aldehydes is 1. The monoisotopic (exact) mass is 488 g/mol. The lowest BCUT2D eigenvalue weighted by Gasteiger charge is -2.23. The number of carbonyl (C=O) groups excluding carboxylic acids is 2. The molecule has 0 N–H and O–H groups in total. The third-order valence-electron chi connectivity index (χ3n) is 5.53. The fourth-order valence-corrected chi connectivity index (χ4v) is 4.01. The lowest BCUT2D eigenvalue weighted by Crippen LogP contribution is -2.31. The molecule has 2 aromatic carbocycles. The van der Waals surface area contributed by atoms with Gasteiger partial charge in [-0.3, -0.25) is 19.7 Å². The van der Waals surface area contributed by atoms with Crippen LogP contribution in [0, 0.1) is 10.1 Å². The van der Waals surface area contributed by atoms with Gasteiger partial charge in [0.05, 0.1) is 17.1 Å². The Hall–Kier alpha value is -2.93. The second kappa shape index (κ2) is 15.1. The molecule has 0 atom stereocenters. The fraction of sp³-hybridized carbons (Fsp3) is 0.462. The van der Waals surface area contributed by atoms with Crippen LogP contribution in [0.4, 0.5) is 11.4 Å². The smallest absolute Gasteiger partial charge is 0.298 e. The predicted molar refractivity (Wildman–Crippen MR) is 135 cm³/mol. The molecule has 0 aromatic heterocycles. The van der Waals surface area contributed by atoms with E-state index in [9.17, 15) is 19.7 Å². The van der Waals surface area contributed by atoms with Gasteiger partial charge in [-0.1, -0.05) is 68.8 Å². The summed E-state index contributed by atoms with van der Waals surface area (Å²) in [5.74, 6) is 0.482. The Labute approximate surface area is 206 Å². The number of hydrogen-bond acceptors (Lipinski definition) is 5. The number of benzene rings is 2. The minimum atomic E-state index is -0.679. The van der Waals surface area contributed by atoms with E-state index in [0.717, 1.165) is 50.8 Å². The van der Waals surface area contributed by atoms with Crippen LogP contribution < -0.4 is 9.64 Å². The molecule has 2 rings (SSSR count). The zero-order valence-electron chi connectivity index (χ0n) is 19.7. The molecule has 0 bridgehead atoms. The van der Waals surface area contributed by atoms with Crippen molar-refractivity contribution in [2.45, 2.75) is 64.7 Å². The van der Waals surface area contributed by atoms with Gasteiger partial charge in [-0.05, 0) is 37.5 Å². The van der Waals surface area contributed by atoms with Crippen molar-refractivity contribution in [3.63, 3.8) is 0 Å². The lowest BCUT2D eigenvalue weighted by molar-refractivity contribution is -0.384. The molecule has 0 saturated carbocycles. The van der Waals surface area contributed by atoms with E-state index in [4.69, 9.17) is 16.3 Å². The van der Waals surface area contributed by atoms with Crippen LogP contribution in [0.15, 0.2) is 42.5 Å². The second-order valence-electron chi connectivity index (χ2n) is 8.17. The van der Waals surface area contributed by atoms with Gasteiger partial charge in [0, 0.05) is 24.7 Å². The number of nitro benzene ring substituents is 1. The lowest BCUT2D eigenvalue weighted by atomic mass is 10.1. The number of amides is 1. The van der Waals surface area contributed by atoms with Crippen LogP contribution in [0.2, 0.25) is 5.02 Å². The molecule has 0 aliphatic rings. The first-order valence-electron chi connectivity index (χ1n) is 11.9. The van der Waals surface area contributed by atoms with E-state index in [0.29, 0.717) is 25.1 Å². The van der Waals surface area contributed by atoms with Crippen LogP contribution in [-0.2, 0) is 4.79 Å². The predicted octanol–water partition coefficient (Wildman–Crippen LogP) is 7.00. The standard InChI is InChI=1S/C26H33ClN2O5/c1-2-3-4-11-16-28(22-13-8-7-9-14-22)25(31)15-10-5-6-12-17-34-23-18-21(20-30)26(29(32)33)24(27)19-23/h7-9,13-14,18-20H,2-6,10-12,15-17H2,1H3. The van der Waals surface area contributed by atoms with Crippen molar-refractivity contribution >= 4 is 35.2 Å². The highest BCUT2D eigenvalue weighted by atomic mass is 35.5. The summed E-state index contributed by atoms with van der Waals surface area (Å²) >= 11 is 5.92. The highest BCUT2D eigenvalue weighted by molar-refractivity contribution is 6.33. The molecule has 0 aliphatic carbocycles. The van der Waals surface area contributed by atoms with Crippen molar-refractivity contribution in [2.24, 2.45) is 0 Å². The molecule has 8 heteroatoms. The number of para-hydroxylation sites is 1. The zero-order chi connectivity index (χ0) is 24.8. The van der Waals surface area contributed by atoms with E-state index >= 15 is 0 Å². The molecule has 0 aliphatic heterocycles. The number of rotatable bonds is 16. The fourth-order valence-electron chi connectivity index (χ4n) is 3.72. The molecule has 34 heavy (non-hydrogen) atoms. The summed E-state index contributed by atoms with van der Waals surface area (Å²) in [5, 5.41) is 10.9. The molecule has 0 fully saturated rings. The van der Waals surface area contributed by atoms with Gasteiger partial charge in [0.25, 0.3) is 5.69 Å². The number of nitro groups is 1. The molecule has 184 valence electrons. The molecule has 0 spiro atoms. The van der Waals surface area contributed by atoms with Crippen LogP contribution in [0.3, 0.4) is 0 Å². The second-order valence-corrected chi connectivity index (χ2v) is 8.58. The number of nitrogens with zero attached hydrogens (tertiary/aromatic N) is 2. The van der Waals surface area contributed by atoms with Gasteiger partial charge in [0.15, 0.2) is 6.29 Å². The summed E-state index contributed by atoms with van der Waals surface area (Å²) in [6.45, 7) is 3.32. The molecule has 7 nitrogen and oxygen atoms in total. The third-order valence-corrected chi connectivity index (χ3v) is 5.82. The maximum Gasteiger partial charge on any atom is 0.298 e. The summed E-state index contributed by atoms with van der Waals surface area (Å²) in [4.78, 5) is 36.2. The van der Waals surface area contributed by atoms with Crippen LogP contribution in [0.25, 0.3) is 0 Å². The SMILES string of the molecule is CCCCCCN(C(=O)CCCCCCOc1cc(Cl)c([N+](=O)[O-])c(C=O)c1)c1ccccc1. The van der Waals surface area contributed by atoms with Crippen molar-refractivity contribution in [2.75, 3.05) is 18.1 Å². The molecule has 0 unspecified atom stereocenters. The number of carbonyl (C=O) groups is 2. The zero-order valence-corrected chi connectivity index (χ0v) is 20.5. The van der Waals surface area contributed by atoms with Gasteiger partial charge in [-0.2, -0.15) is 0 Å². The topological polar surface area (TPSA) is 89.8 Å². The largest absolute Gasteiger partial charge is 0.494 e. The van der Waals surface area contributed by atoms with Crippen LogP contribution in [0.1, 0.15) is 75.1 Å². The number of halogens is 1. The van der Waals surface area contributed by atoms with Gasteiger partial charge >= 0.3 is 0 Å². The molecular weight excluding hydrogens is 456 g/mol. The van der Waals surface area contributed by atoms with Crippen LogP contribution in [-0.4, -0.2) is 30.3 Å². The number of unbranched alkanes of at least 4 members (excludes halogenated alkanes) is 6. The Balaban J connectivity index is 1.74. The highest BCUT2D eigenvalue weighted by Gasteiger charge is 2.20. The summed E-state index contributed by atoms with van der Waals surface area (Å²) in [7, 11) is 0. The summed E-state index contributed by atoms with van der Waals surface area (Å²) in [6.07, 6.45) is 8.73. The Bertz CT molecular complexity index is 936. The van der Waals surface area contributed by atoms with Crippen molar-refractivity contribution in [1.82, 2.24) is 0 Å². The molecule has 0 saturated heterocycles. The quantitative estimate of drug-likeness (QED) is 0.110. The van der Waals surface area contributed by atoms with E-state index in [-0.39, 0.29) is 16.5 Å². The number of ether oxygens (including phenoxy) is 1. The van der Waals surface area contributed by atoms with Gasteiger partial charge in [-0.25, -0.2) is 0 Å². The minimum Gasteiger partial charge on any atom is -0.494 e. The van der Waals surface area contributed by atoms with Crippen molar-refractivity contribution in [1.29, 1.82) is 0 Å². The summed E-state index contributed by atoms with van der Waals surface area (Å²) in [6, 6.07) is 12.5. The number of hydrogen-bond donors (Lipinski definition) is 0. The normalized spacial score (nSPS) is 10.6. The van der Waals surface area contributed by atoms with Crippen molar-refractivity contribution in [3.05, 3.63) is 63.2 Å². The molecule has 1 amide bonds. The third kappa shape index (κ3) is 8.78. The Morgan fingerprint density at radius 3 is 2.44 bits per heavy atom. The summed E-state index contributed by atoms with van der Waals surface area (Å²) in [5.41, 5.74) is 0.432. The van der Waals surface area contributed by atoms with E-state index in [2.05, 4.69) is 6.92 Å². The maximum absolute atomic E-state index is 12.9. The molecule has 0 radical (unpaired) electrons. The van der Waals surface area contributed by atoms with Gasteiger partial charge in [0.1, 0.15) is 10.8 Å². The first-order chi connectivity index (χ1) is 16.5. The average Bonchev–Trinajstić information content (AvgIpc) is 2.83. The Kier molecular flexibility index (Phi) is 12.1. The van der Waals surface area contributed by atoms with Crippen LogP contribution in [0.5, 0.6) is 5.75 Å². The van der Waals surface area contributed by atoms with Gasteiger partial charge < -0.3 is 9.64 Å². The van der Waals surface area contributed by atoms with Crippen molar-refractivity contribution < 1.29 is 19.2 Å². The first-order valence-corrected chi connectivity index (χ1v) is 12.3. The van der Waals surface area contributed by atoms with Crippen LogP contribution >= 0.6 is 11.6 Å². The molecular formula is C26H33ClN2O5. The summed E-state index contributed by atoms with van der Waals surface area (Å²) < 4.78 is 5.61. The van der Waals surface area contributed by atoms with Gasteiger partial charge in [0.2, 0.25) is 5.91 Å². The Morgan fingerprint density at radius 1 is 1.06 bits per heavy atom. The minimum absolute atomic E-state index is 0.108. The van der Waals surface area contributed by atoms with E-state index < -0.39 is 10.6 Å². The Morgan fingerprint density at radius 2 is 1.76 bits per heavy atom. The maximum atomic E-state index is 12.9. The van der Waals surface area contributed by atoms with Gasteiger partial charge in [-0.15, -0.1) is 0 Å². The average molecular weight is 489 g/mol. The molecule has 0 heterocycles. The first kappa shape index (κ1) is 27.3. The highest BCUT2D eigenvalue weighted by Crippen LogP contribution is 2.32. The van der Waals surface area contributed by atoms with Crippen molar-refractivity contribution in [3.8, 4) is 5.75 Å². The van der Waals surface area contributed by atoms with E-state index in [1.165, 1.54) is 25.0 Å². The van der Waals surface area contributed by atoms with E-state index in [1.54, 1.807) is 0 Å². The van der Waals surface area contributed by atoms with E-state index in [1.807, 2.05) is 35.2 Å². The molecule has 2 aromatic rings.